The molecule has 1 fully saturated rings. The number of hydrogen-bond acceptors (Lipinski definition) is 2. The van der Waals surface area contributed by atoms with E-state index in [9.17, 15) is 14.0 Å². The first-order valence-corrected chi connectivity index (χ1v) is 5.43. The lowest BCUT2D eigenvalue weighted by Crippen LogP contribution is -2.35. The van der Waals surface area contributed by atoms with Gasteiger partial charge in [-0.1, -0.05) is 0 Å². The number of carboxylic acids is 1. The van der Waals surface area contributed by atoms with E-state index < -0.39 is 11.8 Å². The third-order valence-corrected chi connectivity index (χ3v) is 2.82. The second-order valence-electron chi connectivity index (χ2n) is 3.97. The molecular formula is C12H12FNO3. The molecule has 1 aliphatic heterocycles. The highest BCUT2D eigenvalue weighted by molar-refractivity contribution is 5.95. The number of carbonyl (C=O) groups is 2. The number of nitrogens with zero attached hydrogens (tertiary/aromatic N) is 1. The van der Waals surface area contributed by atoms with Gasteiger partial charge in [0.05, 0.1) is 5.56 Å². The van der Waals surface area contributed by atoms with Crippen molar-refractivity contribution in [3.8, 4) is 0 Å². The molecule has 1 aromatic carbocycles. The van der Waals surface area contributed by atoms with Crippen molar-refractivity contribution >= 4 is 17.6 Å². The highest BCUT2D eigenvalue weighted by Crippen LogP contribution is 2.23. The first kappa shape index (κ1) is 11.6. The van der Waals surface area contributed by atoms with Gasteiger partial charge in [0.2, 0.25) is 5.91 Å². The minimum absolute atomic E-state index is 0.0428. The zero-order chi connectivity index (χ0) is 12.4. The predicted molar refractivity (Wildman–Crippen MR) is 59.6 cm³/mol. The number of carboxylic acid groups (broad SMARTS) is 1. The summed E-state index contributed by atoms with van der Waals surface area (Å²) < 4.78 is 13.5. The molecule has 4 nitrogen and oxygen atoms in total. The molecule has 5 heteroatoms. The Bertz CT molecular complexity index is 473. The normalized spacial score (nSPS) is 16.1. The number of halogens is 1. The van der Waals surface area contributed by atoms with Crippen LogP contribution in [0.4, 0.5) is 10.1 Å². The molecule has 0 saturated carbocycles. The van der Waals surface area contributed by atoms with Crippen molar-refractivity contribution in [2.75, 3.05) is 11.4 Å². The number of piperidine rings is 1. The van der Waals surface area contributed by atoms with Crippen LogP contribution in [0.15, 0.2) is 18.2 Å². The SMILES string of the molecule is O=C(O)c1ccc(N2CCCCC2=O)cc1F. The van der Waals surface area contributed by atoms with Gasteiger partial charge >= 0.3 is 5.97 Å². The maximum atomic E-state index is 13.5. The first-order chi connectivity index (χ1) is 8.09. The average Bonchev–Trinajstić information content (AvgIpc) is 2.29. The van der Waals surface area contributed by atoms with Crippen LogP contribution >= 0.6 is 0 Å². The quantitative estimate of drug-likeness (QED) is 0.856. The fourth-order valence-electron chi connectivity index (χ4n) is 1.92. The van der Waals surface area contributed by atoms with Gasteiger partial charge in [0, 0.05) is 18.7 Å². The molecule has 0 aliphatic carbocycles. The molecule has 0 atom stereocenters. The van der Waals surface area contributed by atoms with E-state index in [1.54, 1.807) is 0 Å². The van der Waals surface area contributed by atoms with E-state index in [1.165, 1.54) is 17.0 Å². The van der Waals surface area contributed by atoms with Crippen LogP contribution < -0.4 is 4.90 Å². The van der Waals surface area contributed by atoms with Crippen LogP contribution in [0.2, 0.25) is 0 Å². The fourth-order valence-corrected chi connectivity index (χ4v) is 1.92. The van der Waals surface area contributed by atoms with Crippen molar-refractivity contribution in [2.45, 2.75) is 19.3 Å². The zero-order valence-corrected chi connectivity index (χ0v) is 9.15. The third kappa shape index (κ3) is 2.27. The van der Waals surface area contributed by atoms with Crippen LogP contribution in [-0.2, 0) is 4.79 Å². The fraction of sp³-hybridized carbons (Fsp3) is 0.333. The van der Waals surface area contributed by atoms with E-state index in [1.807, 2.05) is 0 Å². The smallest absolute Gasteiger partial charge is 0.338 e. The summed E-state index contributed by atoms with van der Waals surface area (Å²) in [7, 11) is 0. The monoisotopic (exact) mass is 237 g/mol. The molecule has 1 N–H and O–H groups in total. The average molecular weight is 237 g/mol. The largest absolute Gasteiger partial charge is 0.478 e. The molecule has 17 heavy (non-hydrogen) atoms. The molecule has 90 valence electrons. The van der Waals surface area contributed by atoms with Gasteiger partial charge in [-0.15, -0.1) is 0 Å². The molecule has 1 aromatic rings. The van der Waals surface area contributed by atoms with E-state index in [-0.39, 0.29) is 11.5 Å². The number of anilines is 1. The molecule has 0 spiro atoms. The topological polar surface area (TPSA) is 57.6 Å². The Balaban J connectivity index is 2.30. The molecule has 0 bridgehead atoms. The van der Waals surface area contributed by atoms with Crippen LogP contribution in [0.3, 0.4) is 0 Å². The number of aromatic carboxylic acids is 1. The molecular weight excluding hydrogens is 225 g/mol. The summed E-state index contributed by atoms with van der Waals surface area (Å²) in [6, 6.07) is 3.76. The number of carbonyl (C=O) groups excluding carboxylic acids is 1. The second kappa shape index (κ2) is 4.53. The van der Waals surface area contributed by atoms with Crippen molar-refractivity contribution in [3.05, 3.63) is 29.6 Å². The molecule has 1 heterocycles. The van der Waals surface area contributed by atoms with Gasteiger partial charge in [-0.25, -0.2) is 9.18 Å². The maximum absolute atomic E-state index is 13.5. The van der Waals surface area contributed by atoms with Crippen molar-refractivity contribution < 1.29 is 19.1 Å². The molecule has 1 saturated heterocycles. The minimum atomic E-state index is -1.31. The zero-order valence-electron chi connectivity index (χ0n) is 9.15. The number of benzene rings is 1. The molecule has 0 aromatic heterocycles. The van der Waals surface area contributed by atoms with Gasteiger partial charge in [-0.2, -0.15) is 0 Å². The Labute approximate surface area is 97.7 Å². The Morgan fingerprint density at radius 1 is 1.35 bits per heavy atom. The predicted octanol–water partition coefficient (Wildman–Crippen LogP) is 2.04. The molecule has 0 unspecified atom stereocenters. The molecule has 1 amide bonds. The summed E-state index contributed by atoms with van der Waals surface area (Å²) in [6.45, 7) is 0.560. The van der Waals surface area contributed by atoms with Crippen molar-refractivity contribution in [2.24, 2.45) is 0 Å². The van der Waals surface area contributed by atoms with Crippen LogP contribution in [-0.4, -0.2) is 23.5 Å². The highest BCUT2D eigenvalue weighted by Gasteiger charge is 2.21. The van der Waals surface area contributed by atoms with Gasteiger partial charge in [-0.3, -0.25) is 4.79 Å². The van der Waals surface area contributed by atoms with Crippen molar-refractivity contribution in [1.29, 1.82) is 0 Å². The molecule has 2 rings (SSSR count). The summed E-state index contributed by atoms with van der Waals surface area (Å²) in [5.41, 5.74) is 0.0513. The van der Waals surface area contributed by atoms with Gasteiger partial charge < -0.3 is 10.0 Å². The van der Waals surface area contributed by atoms with Crippen LogP contribution in [0.5, 0.6) is 0 Å². The number of rotatable bonds is 2. The maximum Gasteiger partial charge on any atom is 0.338 e. The molecule has 1 aliphatic rings. The van der Waals surface area contributed by atoms with Crippen LogP contribution in [0.25, 0.3) is 0 Å². The lowest BCUT2D eigenvalue weighted by atomic mass is 10.1. The molecule has 0 radical (unpaired) electrons. The number of amides is 1. The Hall–Kier alpha value is -1.91. The van der Waals surface area contributed by atoms with E-state index in [4.69, 9.17) is 5.11 Å². The Kier molecular flexibility index (Phi) is 3.08. The number of hydrogen-bond donors (Lipinski definition) is 1. The Morgan fingerprint density at radius 2 is 2.12 bits per heavy atom. The van der Waals surface area contributed by atoms with E-state index in [0.29, 0.717) is 18.7 Å². The second-order valence-corrected chi connectivity index (χ2v) is 3.97. The van der Waals surface area contributed by atoms with Crippen molar-refractivity contribution in [3.63, 3.8) is 0 Å². The summed E-state index contributed by atoms with van der Waals surface area (Å²) in [4.78, 5) is 23.8. The van der Waals surface area contributed by atoms with Gasteiger partial charge in [0.25, 0.3) is 0 Å². The van der Waals surface area contributed by atoms with E-state index in [0.717, 1.165) is 18.9 Å². The Morgan fingerprint density at radius 3 is 2.71 bits per heavy atom. The summed E-state index contributed by atoms with van der Waals surface area (Å²) >= 11 is 0. The van der Waals surface area contributed by atoms with Gasteiger partial charge in [0.15, 0.2) is 0 Å². The lowest BCUT2D eigenvalue weighted by Gasteiger charge is -2.26. The van der Waals surface area contributed by atoms with E-state index in [2.05, 4.69) is 0 Å². The summed E-state index contributed by atoms with van der Waals surface area (Å²) in [5, 5.41) is 8.70. The summed E-state index contributed by atoms with van der Waals surface area (Å²) in [5.74, 6) is -2.16. The van der Waals surface area contributed by atoms with Gasteiger partial charge in [-0.05, 0) is 31.0 Å². The van der Waals surface area contributed by atoms with Gasteiger partial charge in [0.1, 0.15) is 5.82 Å². The summed E-state index contributed by atoms with van der Waals surface area (Å²) in [6.07, 6.45) is 2.20. The lowest BCUT2D eigenvalue weighted by molar-refractivity contribution is -0.119. The van der Waals surface area contributed by atoms with E-state index >= 15 is 0 Å². The van der Waals surface area contributed by atoms with Crippen LogP contribution in [0, 0.1) is 5.82 Å². The standard InChI is InChI=1S/C12H12FNO3/c13-10-7-8(4-5-9(10)12(16)17)14-6-2-1-3-11(14)15/h4-5,7H,1-3,6H2,(H,16,17). The van der Waals surface area contributed by atoms with Crippen molar-refractivity contribution in [1.82, 2.24) is 0 Å². The van der Waals surface area contributed by atoms with Crippen LogP contribution in [0.1, 0.15) is 29.6 Å². The first-order valence-electron chi connectivity index (χ1n) is 5.43. The highest BCUT2D eigenvalue weighted by atomic mass is 19.1. The third-order valence-electron chi connectivity index (χ3n) is 2.82. The minimum Gasteiger partial charge on any atom is -0.478 e.